The minimum Gasteiger partial charge on any atom is -0.464 e. The van der Waals surface area contributed by atoms with Crippen LogP contribution in [0.25, 0.3) is 0 Å². The maximum Gasteiger partial charge on any atom is 0.242 e. The Kier molecular flexibility index (Phi) is 7.26. The first-order chi connectivity index (χ1) is 14.4. The lowest BCUT2D eigenvalue weighted by molar-refractivity contribution is -0.141. The van der Waals surface area contributed by atoms with Crippen LogP contribution in [0.2, 0.25) is 0 Å². The topological polar surface area (TPSA) is 72.2 Å². The maximum atomic E-state index is 13.2. The van der Waals surface area contributed by atoms with Crippen LogP contribution in [-0.4, -0.2) is 46.9 Å². The number of benzene rings is 1. The number of carbonyl (C=O) groups is 2. The Morgan fingerprint density at radius 2 is 1.87 bits per heavy atom. The van der Waals surface area contributed by atoms with Crippen LogP contribution >= 0.6 is 11.6 Å². The van der Waals surface area contributed by atoms with Crippen molar-refractivity contribution in [1.82, 2.24) is 9.80 Å². The van der Waals surface area contributed by atoms with Crippen LogP contribution in [0, 0.1) is 6.92 Å². The summed E-state index contributed by atoms with van der Waals surface area (Å²) in [6.45, 7) is 6.71. The van der Waals surface area contributed by atoms with Gasteiger partial charge in [0, 0.05) is 13.1 Å². The summed E-state index contributed by atoms with van der Waals surface area (Å²) in [5, 5.41) is -0.681. The highest BCUT2D eigenvalue weighted by molar-refractivity contribution is 6.30. The molecule has 2 heterocycles. The SMILES string of the molecule is CCCN(CC(=O)N(Cc1ccc2c(c1)OCO2)Cc1ccc(C)o1)C(=O)C(C)Cl. The molecule has 0 bridgehead atoms. The molecule has 0 radical (unpaired) electrons. The van der Waals surface area contributed by atoms with E-state index < -0.39 is 5.38 Å². The Labute approximate surface area is 181 Å². The summed E-state index contributed by atoms with van der Waals surface area (Å²) in [4.78, 5) is 28.8. The van der Waals surface area contributed by atoms with E-state index in [0.717, 1.165) is 17.7 Å². The van der Waals surface area contributed by atoms with Gasteiger partial charge in [-0.1, -0.05) is 13.0 Å². The number of alkyl halides is 1. The van der Waals surface area contributed by atoms with Gasteiger partial charge >= 0.3 is 0 Å². The number of aryl methyl sites for hydroxylation is 1. The number of hydrogen-bond acceptors (Lipinski definition) is 5. The number of ether oxygens (including phenoxy) is 2. The smallest absolute Gasteiger partial charge is 0.242 e. The molecule has 1 aliphatic rings. The summed E-state index contributed by atoms with van der Waals surface area (Å²) in [5.74, 6) is 2.38. The van der Waals surface area contributed by atoms with Gasteiger partial charge in [-0.2, -0.15) is 0 Å². The van der Waals surface area contributed by atoms with Gasteiger partial charge in [0.15, 0.2) is 11.5 Å². The molecule has 1 aromatic heterocycles. The van der Waals surface area contributed by atoms with E-state index in [1.54, 1.807) is 11.8 Å². The molecule has 2 aromatic rings. The van der Waals surface area contributed by atoms with Gasteiger partial charge in [-0.25, -0.2) is 0 Å². The van der Waals surface area contributed by atoms with Crippen molar-refractivity contribution in [3.05, 3.63) is 47.4 Å². The predicted octanol–water partition coefficient (Wildman–Crippen LogP) is 3.71. The first-order valence-electron chi connectivity index (χ1n) is 10.0. The van der Waals surface area contributed by atoms with Gasteiger partial charge in [0.1, 0.15) is 16.9 Å². The van der Waals surface area contributed by atoms with E-state index >= 15 is 0 Å². The molecule has 0 saturated carbocycles. The van der Waals surface area contributed by atoms with Crippen molar-refractivity contribution >= 4 is 23.4 Å². The molecule has 0 N–H and O–H groups in total. The average Bonchev–Trinajstić information content (AvgIpc) is 3.34. The van der Waals surface area contributed by atoms with Crippen LogP contribution in [0.4, 0.5) is 0 Å². The minimum atomic E-state index is -0.681. The van der Waals surface area contributed by atoms with Crippen molar-refractivity contribution in [2.45, 2.75) is 45.7 Å². The van der Waals surface area contributed by atoms with Crippen molar-refractivity contribution in [2.24, 2.45) is 0 Å². The number of amides is 2. The molecule has 0 saturated heterocycles. The van der Waals surface area contributed by atoms with Crippen LogP contribution in [0.1, 0.15) is 37.4 Å². The summed E-state index contributed by atoms with van der Waals surface area (Å²) in [7, 11) is 0. The van der Waals surface area contributed by atoms with Gasteiger partial charge in [0.2, 0.25) is 18.6 Å². The van der Waals surface area contributed by atoms with Crippen LogP contribution in [0.3, 0.4) is 0 Å². The normalized spacial score (nSPS) is 13.2. The molecule has 1 aromatic carbocycles. The molecule has 1 aliphatic heterocycles. The first-order valence-corrected chi connectivity index (χ1v) is 10.5. The van der Waals surface area contributed by atoms with Crippen molar-refractivity contribution in [3.63, 3.8) is 0 Å². The second kappa shape index (κ2) is 9.89. The van der Waals surface area contributed by atoms with Crippen molar-refractivity contribution in [2.75, 3.05) is 19.9 Å². The van der Waals surface area contributed by atoms with Gasteiger partial charge in [-0.05, 0) is 50.1 Å². The Bertz CT molecular complexity index is 895. The van der Waals surface area contributed by atoms with E-state index in [-0.39, 0.29) is 25.2 Å². The molecular weight excluding hydrogens is 408 g/mol. The van der Waals surface area contributed by atoms with E-state index in [1.807, 2.05) is 44.2 Å². The number of carbonyl (C=O) groups excluding carboxylic acids is 2. The molecule has 162 valence electrons. The van der Waals surface area contributed by atoms with Gasteiger partial charge in [0.25, 0.3) is 0 Å². The Morgan fingerprint density at radius 1 is 1.10 bits per heavy atom. The molecule has 2 amide bonds. The molecule has 0 aliphatic carbocycles. The maximum absolute atomic E-state index is 13.2. The van der Waals surface area contributed by atoms with E-state index in [0.29, 0.717) is 36.9 Å². The Balaban J connectivity index is 1.78. The third-order valence-corrected chi connectivity index (χ3v) is 4.96. The molecule has 0 spiro atoms. The fraction of sp³-hybridized carbons (Fsp3) is 0.455. The number of nitrogens with zero attached hydrogens (tertiary/aromatic N) is 2. The fourth-order valence-electron chi connectivity index (χ4n) is 3.30. The monoisotopic (exact) mass is 434 g/mol. The second-order valence-electron chi connectivity index (χ2n) is 7.33. The lowest BCUT2D eigenvalue weighted by atomic mass is 10.1. The van der Waals surface area contributed by atoms with E-state index in [4.69, 9.17) is 25.5 Å². The number of furan rings is 1. The number of rotatable bonds is 9. The zero-order valence-corrected chi connectivity index (χ0v) is 18.3. The highest BCUT2D eigenvalue weighted by atomic mass is 35.5. The molecule has 7 nitrogen and oxygen atoms in total. The largest absolute Gasteiger partial charge is 0.464 e. The van der Waals surface area contributed by atoms with Crippen molar-refractivity contribution in [1.29, 1.82) is 0 Å². The van der Waals surface area contributed by atoms with Gasteiger partial charge in [-0.3, -0.25) is 9.59 Å². The zero-order chi connectivity index (χ0) is 21.7. The molecule has 1 atom stereocenters. The quantitative estimate of drug-likeness (QED) is 0.562. The average molecular weight is 435 g/mol. The van der Waals surface area contributed by atoms with Gasteiger partial charge in [0.05, 0.1) is 13.1 Å². The summed E-state index contributed by atoms with van der Waals surface area (Å²) >= 11 is 5.98. The second-order valence-corrected chi connectivity index (χ2v) is 7.98. The van der Waals surface area contributed by atoms with Crippen molar-refractivity contribution < 1.29 is 23.5 Å². The lowest BCUT2D eigenvalue weighted by Crippen LogP contribution is -2.44. The summed E-state index contributed by atoms with van der Waals surface area (Å²) in [5.41, 5.74) is 0.898. The molecule has 0 fully saturated rings. The number of hydrogen-bond donors (Lipinski definition) is 0. The molecule has 30 heavy (non-hydrogen) atoms. The predicted molar refractivity (Wildman–Crippen MR) is 112 cm³/mol. The molecule has 8 heteroatoms. The third-order valence-electron chi connectivity index (χ3n) is 4.78. The highest BCUT2D eigenvalue weighted by Gasteiger charge is 2.25. The van der Waals surface area contributed by atoms with E-state index in [1.165, 1.54) is 4.90 Å². The van der Waals surface area contributed by atoms with Gasteiger partial charge < -0.3 is 23.7 Å². The summed E-state index contributed by atoms with van der Waals surface area (Å²) < 4.78 is 16.5. The van der Waals surface area contributed by atoms with Crippen LogP contribution in [-0.2, 0) is 22.7 Å². The minimum absolute atomic E-state index is 0.0338. The molecule has 3 rings (SSSR count). The standard InChI is InChI=1S/C22H27ClN2O5/c1-4-9-24(22(27)16(3)23)13-21(26)25(12-18-7-5-15(2)30-18)11-17-6-8-19-20(10-17)29-14-28-19/h5-8,10,16H,4,9,11-14H2,1-3H3. The number of fused-ring (bicyclic) bond motifs is 1. The Morgan fingerprint density at radius 3 is 2.53 bits per heavy atom. The zero-order valence-electron chi connectivity index (χ0n) is 17.5. The van der Waals surface area contributed by atoms with E-state index in [2.05, 4.69) is 0 Å². The fourth-order valence-corrected chi connectivity index (χ4v) is 3.44. The summed E-state index contributed by atoms with van der Waals surface area (Å²) in [6, 6.07) is 9.31. The third kappa shape index (κ3) is 5.48. The van der Waals surface area contributed by atoms with Crippen LogP contribution < -0.4 is 9.47 Å². The first kappa shape index (κ1) is 22.0. The molecular formula is C22H27ClN2O5. The summed E-state index contributed by atoms with van der Waals surface area (Å²) in [6.07, 6.45) is 0.738. The van der Waals surface area contributed by atoms with E-state index in [9.17, 15) is 9.59 Å². The van der Waals surface area contributed by atoms with Crippen molar-refractivity contribution in [3.8, 4) is 11.5 Å². The Hall–Kier alpha value is -2.67. The van der Waals surface area contributed by atoms with Crippen LogP contribution in [0.15, 0.2) is 34.7 Å². The lowest BCUT2D eigenvalue weighted by Gasteiger charge is -2.28. The van der Waals surface area contributed by atoms with Crippen LogP contribution in [0.5, 0.6) is 11.5 Å². The van der Waals surface area contributed by atoms with Gasteiger partial charge in [-0.15, -0.1) is 11.6 Å². The molecule has 1 unspecified atom stereocenters. The number of halogens is 1. The highest BCUT2D eigenvalue weighted by Crippen LogP contribution is 2.33.